The van der Waals surface area contributed by atoms with Crippen molar-refractivity contribution in [1.82, 2.24) is 20.9 Å². The maximum absolute atomic E-state index is 11.6. The van der Waals surface area contributed by atoms with Crippen LogP contribution in [0.5, 0.6) is 0 Å². The Kier molecular flexibility index (Phi) is 5.45. The van der Waals surface area contributed by atoms with Gasteiger partial charge in [0.1, 0.15) is 0 Å². The number of rotatable bonds is 5. The van der Waals surface area contributed by atoms with E-state index in [4.69, 9.17) is 0 Å². The van der Waals surface area contributed by atoms with E-state index in [1.165, 1.54) is 0 Å². The third-order valence-corrected chi connectivity index (χ3v) is 2.65. The van der Waals surface area contributed by atoms with Gasteiger partial charge < -0.3 is 20.9 Å². The SMILES string of the molecule is CNC1CNC[C@@H]1NC(=O)/C=C/CN(C)C. The molecule has 0 aromatic rings. The van der Waals surface area contributed by atoms with Gasteiger partial charge >= 0.3 is 0 Å². The molecule has 0 aliphatic carbocycles. The van der Waals surface area contributed by atoms with E-state index in [9.17, 15) is 4.79 Å². The Bertz CT molecular complexity index is 252. The fourth-order valence-electron chi connectivity index (χ4n) is 1.74. The molecule has 1 amide bonds. The molecule has 0 bridgehead atoms. The van der Waals surface area contributed by atoms with E-state index in [0.29, 0.717) is 6.04 Å². The number of carbonyl (C=O) groups is 1. The molecule has 0 radical (unpaired) electrons. The predicted octanol–water partition coefficient (Wildman–Crippen LogP) is -1.22. The van der Waals surface area contributed by atoms with Crippen molar-refractivity contribution >= 4 is 5.91 Å². The molecular formula is C11H22N4O. The normalized spacial score (nSPS) is 25.5. The van der Waals surface area contributed by atoms with Gasteiger partial charge in [-0.25, -0.2) is 0 Å². The minimum Gasteiger partial charge on any atom is -0.347 e. The molecule has 1 heterocycles. The number of nitrogens with zero attached hydrogens (tertiary/aromatic N) is 1. The quantitative estimate of drug-likeness (QED) is 0.514. The average Bonchev–Trinajstić information content (AvgIpc) is 2.64. The summed E-state index contributed by atoms with van der Waals surface area (Å²) >= 11 is 0. The van der Waals surface area contributed by atoms with Gasteiger partial charge in [0.25, 0.3) is 0 Å². The maximum Gasteiger partial charge on any atom is 0.244 e. The Morgan fingerprint density at radius 3 is 2.75 bits per heavy atom. The molecule has 1 unspecified atom stereocenters. The van der Waals surface area contributed by atoms with Gasteiger partial charge in [-0.15, -0.1) is 0 Å². The van der Waals surface area contributed by atoms with Crippen LogP contribution in [0.3, 0.4) is 0 Å². The molecule has 5 heteroatoms. The van der Waals surface area contributed by atoms with Crippen LogP contribution in [-0.2, 0) is 4.79 Å². The molecule has 92 valence electrons. The van der Waals surface area contributed by atoms with Crippen LogP contribution in [0.4, 0.5) is 0 Å². The molecule has 0 aromatic carbocycles. The Morgan fingerprint density at radius 1 is 1.44 bits per heavy atom. The van der Waals surface area contributed by atoms with E-state index in [2.05, 4.69) is 16.0 Å². The molecule has 3 N–H and O–H groups in total. The first-order valence-electron chi connectivity index (χ1n) is 5.63. The Balaban J connectivity index is 2.30. The second kappa shape index (κ2) is 6.62. The second-order valence-electron chi connectivity index (χ2n) is 4.33. The van der Waals surface area contributed by atoms with Crippen molar-refractivity contribution in [2.75, 3.05) is 40.8 Å². The minimum atomic E-state index is -0.0178. The van der Waals surface area contributed by atoms with Gasteiger partial charge in [0.2, 0.25) is 5.91 Å². The number of hydrogen-bond donors (Lipinski definition) is 3. The first-order chi connectivity index (χ1) is 7.63. The van der Waals surface area contributed by atoms with Crippen LogP contribution in [0.1, 0.15) is 0 Å². The second-order valence-corrected chi connectivity index (χ2v) is 4.33. The van der Waals surface area contributed by atoms with Gasteiger partial charge in [-0.05, 0) is 21.1 Å². The fourth-order valence-corrected chi connectivity index (χ4v) is 1.74. The summed E-state index contributed by atoms with van der Waals surface area (Å²) in [5, 5.41) is 9.41. The summed E-state index contributed by atoms with van der Waals surface area (Å²) in [5.41, 5.74) is 0. The average molecular weight is 226 g/mol. The molecule has 0 spiro atoms. The highest BCUT2D eigenvalue weighted by Gasteiger charge is 2.25. The van der Waals surface area contributed by atoms with Crippen LogP contribution < -0.4 is 16.0 Å². The topological polar surface area (TPSA) is 56.4 Å². The van der Waals surface area contributed by atoms with E-state index >= 15 is 0 Å². The molecule has 1 aliphatic heterocycles. The molecule has 1 fully saturated rings. The summed E-state index contributed by atoms with van der Waals surface area (Å²) in [5.74, 6) is -0.0178. The number of likely N-dealkylation sites (N-methyl/N-ethyl adjacent to an activating group) is 2. The van der Waals surface area contributed by atoms with Crippen molar-refractivity contribution in [2.24, 2.45) is 0 Å². The summed E-state index contributed by atoms with van der Waals surface area (Å²) in [7, 11) is 5.86. The number of amides is 1. The van der Waals surface area contributed by atoms with Gasteiger partial charge in [0.15, 0.2) is 0 Å². The molecule has 16 heavy (non-hydrogen) atoms. The zero-order chi connectivity index (χ0) is 12.0. The monoisotopic (exact) mass is 226 g/mol. The highest BCUT2D eigenvalue weighted by molar-refractivity contribution is 5.87. The van der Waals surface area contributed by atoms with Gasteiger partial charge in [-0.1, -0.05) is 6.08 Å². The molecule has 5 nitrogen and oxygen atoms in total. The summed E-state index contributed by atoms with van der Waals surface area (Å²) in [6.07, 6.45) is 3.47. The largest absolute Gasteiger partial charge is 0.347 e. The predicted molar refractivity (Wildman–Crippen MR) is 65.3 cm³/mol. The van der Waals surface area contributed by atoms with Crippen LogP contribution in [0.15, 0.2) is 12.2 Å². The lowest BCUT2D eigenvalue weighted by Gasteiger charge is -2.18. The highest BCUT2D eigenvalue weighted by Crippen LogP contribution is 1.98. The molecule has 1 aliphatic rings. The van der Waals surface area contributed by atoms with E-state index in [-0.39, 0.29) is 11.9 Å². The maximum atomic E-state index is 11.6. The molecule has 1 rings (SSSR count). The van der Waals surface area contributed by atoms with Crippen molar-refractivity contribution in [1.29, 1.82) is 0 Å². The molecule has 2 atom stereocenters. The smallest absolute Gasteiger partial charge is 0.244 e. The van der Waals surface area contributed by atoms with E-state index in [1.54, 1.807) is 6.08 Å². The first-order valence-corrected chi connectivity index (χ1v) is 5.63. The third-order valence-electron chi connectivity index (χ3n) is 2.65. The summed E-state index contributed by atoms with van der Waals surface area (Å²) < 4.78 is 0. The Hall–Kier alpha value is -0.910. The van der Waals surface area contributed by atoms with Crippen LogP contribution in [0.2, 0.25) is 0 Å². The van der Waals surface area contributed by atoms with Crippen LogP contribution in [0.25, 0.3) is 0 Å². The van der Waals surface area contributed by atoms with Crippen molar-refractivity contribution < 1.29 is 4.79 Å². The summed E-state index contributed by atoms with van der Waals surface area (Å²) in [6, 6.07) is 0.507. The first kappa shape index (κ1) is 13.2. The van der Waals surface area contributed by atoms with Crippen LogP contribution in [-0.4, -0.2) is 63.7 Å². The third kappa shape index (κ3) is 4.30. The van der Waals surface area contributed by atoms with Crippen molar-refractivity contribution in [3.05, 3.63) is 12.2 Å². The van der Waals surface area contributed by atoms with Crippen molar-refractivity contribution in [2.45, 2.75) is 12.1 Å². The number of hydrogen-bond acceptors (Lipinski definition) is 4. The molecule has 0 aromatic heterocycles. The Morgan fingerprint density at radius 2 is 2.12 bits per heavy atom. The lowest BCUT2D eigenvalue weighted by atomic mass is 10.2. The zero-order valence-corrected chi connectivity index (χ0v) is 10.3. The van der Waals surface area contributed by atoms with Crippen molar-refractivity contribution in [3.8, 4) is 0 Å². The number of carbonyl (C=O) groups excluding carboxylic acids is 1. The number of nitrogens with one attached hydrogen (secondary N) is 3. The standard InChI is InChI=1S/C11H22N4O/c1-12-9-7-13-8-10(9)14-11(16)5-4-6-15(2)3/h4-5,9-10,12-13H,6-8H2,1-3H3,(H,14,16)/b5-4+/t9?,10-/m0/s1. The highest BCUT2D eigenvalue weighted by atomic mass is 16.1. The molecule has 1 saturated heterocycles. The summed E-state index contributed by atoms with van der Waals surface area (Å²) in [6.45, 7) is 2.52. The summed E-state index contributed by atoms with van der Waals surface area (Å²) in [4.78, 5) is 13.6. The minimum absolute atomic E-state index is 0.0178. The van der Waals surface area contributed by atoms with Gasteiger partial charge in [-0.3, -0.25) is 4.79 Å². The fraction of sp³-hybridized carbons (Fsp3) is 0.727. The van der Waals surface area contributed by atoms with Gasteiger partial charge in [0.05, 0.1) is 6.04 Å². The van der Waals surface area contributed by atoms with Crippen LogP contribution >= 0.6 is 0 Å². The zero-order valence-electron chi connectivity index (χ0n) is 10.3. The molecule has 0 saturated carbocycles. The molecular weight excluding hydrogens is 204 g/mol. The Labute approximate surface area is 97.3 Å². The van der Waals surface area contributed by atoms with Gasteiger partial charge in [0, 0.05) is 31.8 Å². The lowest BCUT2D eigenvalue weighted by Crippen LogP contribution is -2.47. The lowest BCUT2D eigenvalue weighted by molar-refractivity contribution is -0.117. The van der Waals surface area contributed by atoms with E-state index < -0.39 is 0 Å². The van der Waals surface area contributed by atoms with Crippen molar-refractivity contribution in [3.63, 3.8) is 0 Å². The van der Waals surface area contributed by atoms with Crippen LogP contribution in [0, 0.1) is 0 Å². The van der Waals surface area contributed by atoms with Gasteiger partial charge in [-0.2, -0.15) is 0 Å². The van der Waals surface area contributed by atoms with E-state index in [0.717, 1.165) is 19.6 Å². The van der Waals surface area contributed by atoms with E-state index in [1.807, 2.05) is 32.1 Å².